The Morgan fingerprint density at radius 2 is 1.62 bits per heavy atom. The largest absolute Gasteiger partial charge is 0.496 e. The van der Waals surface area contributed by atoms with Crippen LogP contribution in [0.5, 0.6) is 17.2 Å². The topological polar surface area (TPSA) is 40.0 Å². The Morgan fingerprint density at radius 1 is 0.885 bits per heavy atom. The van der Waals surface area contributed by atoms with Crippen molar-refractivity contribution in [2.75, 3.05) is 27.9 Å². The van der Waals surface area contributed by atoms with Crippen molar-refractivity contribution in [3.05, 3.63) is 52.6 Å². The number of nitrogens with zero attached hydrogens (tertiary/aromatic N) is 1. The van der Waals surface area contributed by atoms with Crippen LogP contribution < -0.4 is 14.2 Å². The van der Waals surface area contributed by atoms with Crippen molar-refractivity contribution in [2.24, 2.45) is 4.99 Å². The predicted octanol–water partition coefficient (Wildman–Crippen LogP) is 4.25. The third-order valence-corrected chi connectivity index (χ3v) is 4.88. The first-order valence-corrected chi connectivity index (χ1v) is 9.15. The van der Waals surface area contributed by atoms with Crippen molar-refractivity contribution in [1.82, 2.24) is 0 Å². The summed E-state index contributed by atoms with van der Waals surface area (Å²) in [5.41, 5.74) is 5.26. The Morgan fingerprint density at radius 3 is 2.35 bits per heavy atom. The smallest absolute Gasteiger partial charge is 0.161 e. The van der Waals surface area contributed by atoms with E-state index in [0.29, 0.717) is 0 Å². The SMILES string of the molecule is COc1cc2c(cc1CCCN=Cc1ccc(OC)c(OC)c1)CCC2. The first-order valence-electron chi connectivity index (χ1n) is 9.15. The highest BCUT2D eigenvalue weighted by molar-refractivity contribution is 5.80. The van der Waals surface area contributed by atoms with Crippen LogP contribution in [0, 0.1) is 0 Å². The highest BCUT2D eigenvalue weighted by Crippen LogP contribution is 2.30. The van der Waals surface area contributed by atoms with Crippen LogP contribution in [0.2, 0.25) is 0 Å². The second-order valence-electron chi connectivity index (χ2n) is 6.54. The second-order valence-corrected chi connectivity index (χ2v) is 6.54. The van der Waals surface area contributed by atoms with Crippen molar-refractivity contribution in [3.8, 4) is 17.2 Å². The van der Waals surface area contributed by atoms with Crippen LogP contribution in [0.25, 0.3) is 0 Å². The molecule has 0 bridgehead atoms. The normalized spacial score (nSPS) is 13.0. The molecule has 4 nitrogen and oxygen atoms in total. The van der Waals surface area contributed by atoms with Gasteiger partial charge in [-0.05, 0) is 78.6 Å². The number of methoxy groups -OCH3 is 3. The lowest BCUT2D eigenvalue weighted by atomic mass is 10.0. The van der Waals surface area contributed by atoms with Crippen molar-refractivity contribution in [2.45, 2.75) is 32.1 Å². The summed E-state index contributed by atoms with van der Waals surface area (Å²) in [7, 11) is 5.04. The molecule has 0 saturated heterocycles. The van der Waals surface area contributed by atoms with E-state index in [9.17, 15) is 0 Å². The Kier molecular flexibility index (Phi) is 6.16. The number of aryl methyl sites for hydroxylation is 3. The molecule has 0 heterocycles. The third-order valence-electron chi connectivity index (χ3n) is 4.88. The van der Waals surface area contributed by atoms with E-state index < -0.39 is 0 Å². The zero-order valence-electron chi connectivity index (χ0n) is 15.9. The van der Waals surface area contributed by atoms with Gasteiger partial charge < -0.3 is 14.2 Å². The summed E-state index contributed by atoms with van der Waals surface area (Å²) < 4.78 is 16.2. The Bertz CT molecular complexity index is 783. The van der Waals surface area contributed by atoms with Crippen LogP contribution in [-0.4, -0.2) is 34.1 Å². The molecule has 0 N–H and O–H groups in total. The third kappa shape index (κ3) is 4.18. The fourth-order valence-electron chi connectivity index (χ4n) is 3.50. The average molecular weight is 353 g/mol. The lowest BCUT2D eigenvalue weighted by Gasteiger charge is -2.11. The Balaban J connectivity index is 1.57. The zero-order valence-corrected chi connectivity index (χ0v) is 15.9. The van der Waals surface area contributed by atoms with Gasteiger partial charge in [-0.1, -0.05) is 6.07 Å². The van der Waals surface area contributed by atoms with Crippen LogP contribution in [-0.2, 0) is 19.3 Å². The minimum Gasteiger partial charge on any atom is -0.496 e. The summed E-state index contributed by atoms with van der Waals surface area (Å²) >= 11 is 0. The number of hydrogen-bond donors (Lipinski definition) is 0. The number of benzene rings is 2. The van der Waals surface area contributed by atoms with Gasteiger partial charge in [0.1, 0.15) is 5.75 Å². The van der Waals surface area contributed by atoms with Crippen LogP contribution in [0.4, 0.5) is 0 Å². The average Bonchev–Trinajstić information content (AvgIpc) is 3.14. The van der Waals surface area contributed by atoms with E-state index in [4.69, 9.17) is 14.2 Å². The molecule has 1 aliphatic rings. The first-order chi connectivity index (χ1) is 12.7. The summed E-state index contributed by atoms with van der Waals surface area (Å²) in [4.78, 5) is 4.55. The number of rotatable bonds is 8. The molecular formula is C22H27NO3. The first kappa shape index (κ1) is 18.3. The summed E-state index contributed by atoms with van der Waals surface area (Å²) in [6.45, 7) is 0.786. The van der Waals surface area contributed by atoms with Crippen molar-refractivity contribution < 1.29 is 14.2 Å². The summed E-state index contributed by atoms with van der Waals surface area (Å²) in [5.74, 6) is 2.47. The van der Waals surface area contributed by atoms with Crippen LogP contribution >= 0.6 is 0 Å². The van der Waals surface area contributed by atoms with E-state index in [0.717, 1.165) is 42.2 Å². The van der Waals surface area contributed by atoms with Gasteiger partial charge in [0.05, 0.1) is 21.3 Å². The molecule has 0 atom stereocenters. The van der Waals surface area contributed by atoms with E-state index in [2.05, 4.69) is 17.1 Å². The molecule has 0 amide bonds. The van der Waals surface area contributed by atoms with E-state index >= 15 is 0 Å². The molecule has 4 heteroatoms. The number of hydrogen-bond acceptors (Lipinski definition) is 4. The van der Waals surface area contributed by atoms with Gasteiger partial charge in [0.15, 0.2) is 11.5 Å². The van der Waals surface area contributed by atoms with E-state index in [1.807, 2.05) is 24.4 Å². The van der Waals surface area contributed by atoms with Crippen LogP contribution in [0.1, 0.15) is 35.1 Å². The molecule has 3 rings (SSSR count). The number of ether oxygens (including phenoxy) is 3. The lowest BCUT2D eigenvalue weighted by Crippen LogP contribution is -1.97. The zero-order chi connectivity index (χ0) is 18.4. The summed E-state index contributed by atoms with van der Waals surface area (Å²) in [5, 5.41) is 0. The highest BCUT2D eigenvalue weighted by Gasteiger charge is 2.14. The quantitative estimate of drug-likeness (QED) is 0.526. The fourth-order valence-corrected chi connectivity index (χ4v) is 3.50. The second kappa shape index (κ2) is 8.75. The molecule has 0 aliphatic heterocycles. The fraction of sp³-hybridized carbons (Fsp3) is 0.409. The van der Waals surface area contributed by atoms with Crippen LogP contribution in [0.3, 0.4) is 0 Å². The molecule has 0 saturated carbocycles. The molecule has 2 aromatic rings. The van der Waals surface area contributed by atoms with Crippen molar-refractivity contribution in [1.29, 1.82) is 0 Å². The monoisotopic (exact) mass is 353 g/mol. The molecule has 138 valence electrons. The molecule has 0 unspecified atom stereocenters. The van der Waals surface area contributed by atoms with Gasteiger partial charge in [0.25, 0.3) is 0 Å². The lowest BCUT2D eigenvalue weighted by molar-refractivity contribution is 0.355. The van der Waals surface area contributed by atoms with Gasteiger partial charge >= 0.3 is 0 Å². The number of aliphatic imine (C=N–C) groups is 1. The number of fused-ring (bicyclic) bond motifs is 1. The molecule has 0 fully saturated rings. The Hall–Kier alpha value is -2.49. The summed E-state index contributed by atoms with van der Waals surface area (Å²) in [6.07, 6.45) is 7.52. The van der Waals surface area contributed by atoms with Gasteiger partial charge in [-0.3, -0.25) is 4.99 Å². The van der Waals surface area contributed by atoms with Crippen molar-refractivity contribution >= 4 is 6.21 Å². The Labute approximate surface area is 155 Å². The standard InChI is InChI=1S/C22H27NO3/c1-24-20-10-9-16(12-22(20)26-3)15-23-11-5-8-19-13-17-6-4-7-18(17)14-21(19)25-2/h9-10,12-15H,4-8,11H2,1-3H3. The van der Waals surface area contributed by atoms with E-state index in [-0.39, 0.29) is 0 Å². The van der Waals surface area contributed by atoms with Gasteiger partial charge in [-0.25, -0.2) is 0 Å². The summed E-state index contributed by atoms with van der Waals surface area (Å²) in [6, 6.07) is 10.4. The maximum Gasteiger partial charge on any atom is 0.161 e. The van der Waals surface area contributed by atoms with Gasteiger partial charge in [0, 0.05) is 12.8 Å². The minimum absolute atomic E-state index is 0.722. The van der Waals surface area contributed by atoms with Crippen LogP contribution in [0.15, 0.2) is 35.3 Å². The molecule has 0 radical (unpaired) electrons. The van der Waals surface area contributed by atoms with Gasteiger partial charge in [-0.15, -0.1) is 0 Å². The molecule has 1 aliphatic carbocycles. The maximum atomic E-state index is 5.58. The molecule has 0 aromatic heterocycles. The van der Waals surface area contributed by atoms with Crippen molar-refractivity contribution in [3.63, 3.8) is 0 Å². The molecule has 2 aromatic carbocycles. The minimum atomic E-state index is 0.722. The van der Waals surface area contributed by atoms with E-state index in [1.165, 1.54) is 36.0 Å². The maximum absolute atomic E-state index is 5.58. The molecular weight excluding hydrogens is 326 g/mol. The predicted molar refractivity (Wildman–Crippen MR) is 105 cm³/mol. The van der Waals surface area contributed by atoms with E-state index in [1.54, 1.807) is 21.3 Å². The van der Waals surface area contributed by atoms with Gasteiger partial charge in [-0.2, -0.15) is 0 Å². The molecule has 26 heavy (non-hydrogen) atoms. The van der Waals surface area contributed by atoms with Gasteiger partial charge in [0.2, 0.25) is 0 Å². The highest BCUT2D eigenvalue weighted by atomic mass is 16.5. The molecule has 0 spiro atoms.